The minimum Gasteiger partial charge on any atom is -0.310 e. The van der Waals surface area contributed by atoms with Crippen molar-refractivity contribution in [2.75, 3.05) is 0 Å². The quantitative estimate of drug-likeness (QED) is 0.648. The smallest absolute Gasteiger partial charge is 0.254 e. The molecule has 0 fully saturated rings. The summed E-state index contributed by atoms with van der Waals surface area (Å²) < 4.78 is 0. The average Bonchev–Trinajstić information content (AvgIpc) is 2.74. The van der Waals surface area contributed by atoms with E-state index in [1.54, 1.807) is 0 Å². The number of aromatic amines is 1. The standard InChI is InChI=1S/C24H25N3O/c1-3-5-10-23-26-22(4-2)21(24(28)27-23)15-17-11-13-18(14-12-17)20-9-7-6-8-19(20)16-25/h6-9,11-14H,3-5,10,15H2,1-2H3,(H,26,27,28). The van der Waals surface area contributed by atoms with E-state index in [0.29, 0.717) is 12.0 Å². The Morgan fingerprint density at radius 2 is 1.82 bits per heavy atom. The van der Waals surface area contributed by atoms with Crippen molar-refractivity contribution >= 4 is 0 Å². The van der Waals surface area contributed by atoms with Crippen LogP contribution in [0.25, 0.3) is 11.1 Å². The van der Waals surface area contributed by atoms with Crippen molar-refractivity contribution in [2.24, 2.45) is 0 Å². The molecule has 28 heavy (non-hydrogen) atoms. The van der Waals surface area contributed by atoms with Gasteiger partial charge in [0.2, 0.25) is 0 Å². The van der Waals surface area contributed by atoms with Gasteiger partial charge in [-0.25, -0.2) is 4.98 Å². The summed E-state index contributed by atoms with van der Waals surface area (Å²) in [7, 11) is 0. The van der Waals surface area contributed by atoms with Crippen molar-refractivity contribution in [1.82, 2.24) is 9.97 Å². The van der Waals surface area contributed by atoms with Crippen molar-refractivity contribution in [2.45, 2.75) is 46.0 Å². The Morgan fingerprint density at radius 3 is 2.50 bits per heavy atom. The molecular formula is C24H25N3O. The molecule has 0 atom stereocenters. The fourth-order valence-electron chi connectivity index (χ4n) is 3.37. The van der Waals surface area contributed by atoms with Gasteiger partial charge in [0.1, 0.15) is 5.82 Å². The molecule has 1 heterocycles. The summed E-state index contributed by atoms with van der Waals surface area (Å²) >= 11 is 0. The van der Waals surface area contributed by atoms with Crippen molar-refractivity contribution < 1.29 is 0 Å². The summed E-state index contributed by atoms with van der Waals surface area (Å²) in [6.07, 6.45) is 4.21. The molecule has 1 aromatic heterocycles. The molecule has 1 N–H and O–H groups in total. The van der Waals surface area contributed by atoms with Crippen LogP contribution in [0.15, 0.2) is 53.3 Å². The van der Waals surface area contributed by atoms with E-state index in [1.807, 2.05) is 55.5 Å². The second-order valence-electron chi connectivity index (χ2n) is 6.93. The highest BCUT2D eigenvalue weighted by molar-refractivity contribution is 5.70. The maximum atomic E-state index is 12.6. The molecule has 0 bridgehead atoms. The second-order valence-corrected chi connectivity index (χ2v) is 6.93. The predicted octanol–water partition coefficient (Wildman–Crippen LogP) is 4.80. The van der Waals surface area contributed by atoms with E-state index in [4.69, 9.17) is 0 Å². The van der Waals surface area contributed by atoms with Crippen LogP contribution in [0.4, 0.5) is 0 Å². The van der Waals surface area contributed by atoms with Gasteiger partial charge in [-0.05, 0) is 35.6 Å². The lowest BCUT2D eigenvalue weighted by Crippen LogP contribution is -2.20. The number of unbranched alkanes of at least 4 members (excludes halogenated alkanes) is 1. The van der Waals surface area contributed by atoms with Crippen LogP contribution in [0.2, 0.25) is 0 Å². The highest BCUT2D eigenvalue weighted by atomic mass is 16.1. The van der Waals surface area contributed by atoms with Crippen LogP contribution in [0.5, 0.6) is 0 Å². The third-order valence-electron chi connectivity index (χ3n) is 4.95. The Morgan fingerprint density at radius 1 is 1.07 bits per heavy atom. The zero-order valence-electron chi connectivity index (χ0n) is 16.5. The van der Waals surface area contributed by atoms with Crippen LogP contribution in [0.3, 0.4) is 0 Å². The molecule has 142 valence electrons. The first-order valence-electron chi connectivity index (χ1n) is 9.85. The zero-order valence-corrected chi connectivity index (χ0v) is 16.5. The topological polar surface area (TPSA) is 69.5 Å². The van der Waals surface area contributed by atoms with E-state index in [-0.39, 0.29) is 5.56 Å². The summed E-state index contributed by atoms with van der Waals surface area (Å²) in [5.74, 6) is 0.788. The van der Waals surface area contributed by atoms with Crippen LogP contribution in [-0.4, -0.2) is 9.97 Å². The zero-order chi connectivity index (χ0) is 19.9. The predicted molar refractivity (Wildman–Crippen MR) is 112 cm³/mol. The van der Waals surface area contributed by atoms with Gasteiger partial charge in [0, 0.05) is 18.4 Å². The molecule has 0 aliphatic rings. The van der Waals surface area contributed by atoms with Crippen LogP contribution in [0.1, 0.15) is 54.9 Å². The number of hydrogen-bond acceptors (Lipinski definition) is 3. The number of rotatable bonds is 7. The summed E-state index contributed by atoms with van der Waals surface area (Å²) in [6, 6.07) is 17.9. The van der Waals surface area contributed by atoms with Gasteiger partial charge in [-0.2, -0.15) is 5.26 Å². The first kappa shape index (κ1) is 19.6. The number of H-pyrrole nitrogens is 1. The maximum Gasteiger partial charge on any atom is 0.254 e. The maximum absolute atomic E-state index is 12.6. The van der Waals surface area contributed by atoms with E-state index < -0.39 is 0 Å². The largest absolute Gasteiger partial charge is 0.310 e. The molecule has 0 spiro atoms. The Bertz CT molecular complexity index is 1040. The molecule has 0 saturated carbocycles. The molecule has 0 aliphatic heterocycles. The monoisotopic (exact) mass is 371 g/mol. The van der Waals surface area contributed by atoms with Crippen molar-refractivity contribution in [3.63, 3.8) is 0 Å². The van der Waals surface area contributed by atoms with E-state index >= 15 is 0 Å². The van der Waals surface area contributed by atoms with Gasteiger partial charge in [-0.15, -0.1) is 0 Å². The SMILES string of the molecule is CCCCc1nc(CC)c(Cc2ccc(-c3ccccc3C#N)cc2)c(=O)[nH]1. The molecule has 3 aromatic rings. The fraction of sp³-hybridized carbons (Fsp3) is 0.292. The van der Waals surface area contributed by atoms with E-state index in [0.717, 1.165) is 59.5 Å². The summed E-state index contributed by atoms with van der Waals surface area (Å²) in [4.78, 5) is 20.3. The number of benzene rings is 2. The van der Waals surface area contributed by atoms with Gasteiger partial charge in [0.25, 0.3) is 5.56 Å². The third kappa shape index (κ3) is 4.37. The van der Waals surface area contributed by atoms with Gasteiger partial charge in [0.15, 0.2) is 0 Å². The summed E-state index contributed by atoms with van der Waals surface area (Å²) in [5.41, 5.74) is 5.23. The van der Waals surface area contributed by atoms with Crippen LogP contribution in [0, 0.1) is 11.3 Å². The highest BCUT2D eigenvalue weighted by Gasteiger charge is 2.12. The number of hydrogen-bond donors (Lipinski definition) is 1. The number of nitrogens with one attached hydrogen (secondary N) is 1. The van der Waals surface area contributed by atoms with Gasteiger partial charge in [0.05, 0.1) is 17.3 Å². The van der Waals surface area contributed by atoms with E-state index in [2.05, 4.69) is 23.0 Å². The van der Waals surface area contributed by atoms with Gasteiger partial charge in [-0.1, -0.05) is 62.7 Å². The minimum absolute atomic E-state index is 0.0307. The molecule has 4 nitrogen and oxygen atoms in total. The van der Waals surface area contributed by atoms with Crippen molar-refractivity contribution in [1.29, 1.82) is 5.26 Å². The Labute approximate surface area is 165 Å². The Kier molecular flexibility index (Phi) is 6.39. The van der Waals surface area contributed by atoms with Gasteiger partial charge >= 0.3 is 0 Å². The first-order chi connectivity index (χ1) is 13.7. The molecule has 0 saturated heterocycles. The molecule has 0 amide bonds. The molecule has 0 unspecified atom stereocenters. The number of nitrogens with zero attached hydrogens (tertiary/aromatic N) is 2. The lowest BCUT2D eigenvalue weighted by molar-refractivity contribution is 0.732. The van der Waals surface area contributed by atoms with Crippen LogP contribution < -0.4 is 5.56 Å². The molecule has 0 aliphatic carbocycles. The lowest BCUT2D eigenvalue weighted by atomic mass is 9.97. The van der Waals surface area contributed by atoms with E-state index in [9.17, 15) is 10.1 Å². The van der Waals surface area contributed by atoms with E-state index in [1.165, 1.54) is 0 Å². The van der Waals surface area contributed by atoms with Crippen molar-refractivity contribution in [3.05, 3.63) is 87.1 Å². The van der Waals surface area contributed by atoms with Crippen LogP contribution >= 0.6 is 0 Å². The molecule has 4 heteroatoms. The highest BCUT2D eigenvalue weighted by Crippen LogP contribution is 2.24. The van der Waals surface area contributed by atoms with Crippen LogP contribution in [-0.2, 0) is 19.3 Å². The summed E-state index contributed by atoms with van der Waals surface area (Å²) in [5, 5.41) is 9.30. The lowest BCUT2D eigenvalue weighted by Gasteiger charge is -2.10. The number of aryl methyl sites for hydroxylation is 2. The normalized spacial score (nSPS) is 10.6. The number of nitriles is 1. The van der Waals surface area contributed by atoms with Gasteiger partial charge in [-0.3, -0.25) is 4.79 Å². The van der Waals surface area contributed by atoms with Gasteiger partial charge < -0.3 is 4.98 Å². The molecule has 0 radical (unpaired) electrons. The average molecular weight is 371 g/mol. The third-order valence-corrected chi connectivity index (χ3v) is 4.95. The minimum atomic E-state index is -0.0307. The second kappa shape index (κ2) is 9.14. The first-order valence-corrected chi connectivity index (χ1v) is 9.85. The Balaban J connectivity index is 1.86. The number of aromatic nitrogens is 2. The molecular weight excluding hydrogens is 346 g/mol. The summed E-state index contributed by atoms with van der Waals surface area (Å²) in [6.45, 7) is 4.17. The molecule has 2 aromatic carbocycles. The van der Waals surface area contributed by atoms with Crippen molar-refractivity contribution in [3.8, 4) is 17.2 Å². The molecule has 3 rings (SSSR count). The Hall–Kier alpha value is -3.19. The fourth-order valence-corrected chi connectivity index (χ4v) is 3.37.